The Balaban J connectivity index is 1.69. The van der Waals surface area contributed by atoms with Crippen LogP contribution in [0.2, 0.25) is 0 Å². The third-order valence-electron chi connectivity index (χ3n) is 3.76. The lowest BCUT2D eigenvalue weighted by Crippen LogP contribution is -2.03. The van der Waals surface area contributed by atoms with Crippen molar-refractivity contribution in [2.75, 3.05) is 19.0 Å². The highest BCUT2D eigenvalue weighted by Crippen LogP contribution is 2.31. The van der Waals surface area contributed by atoms with Crippen LogP contribution in [0.5, 0.6) is 11.5 Å². The van der Waals surface area contributed by atoms with Gasteiger partial charge in [-0.1, -0.05) is 17.7 Å². The maximum Gasteiger partial charge on any atom is 0.173 e. The van der Waals surface area contributed by atoms with Crippen molar-refractivity contribution in [3.05, 3.63) is 53.1 Å². The summed E-state index contributed by atoms with van der Waals surface area (Å²) in [4.78, 5) is 13.6. The number of ether oxygens (including phenoxy) is 2. The van der Waals surface area contributed by atoms with Gasteiger partial charge in [-0.25, -0.2) is 0 Å². The molecule has 3 nitrogen and oxygen atoms in total. The van der Waals surface area contributed by atoms with E-state index in [0.717, 1.165) is 17.1 Å². The van der Waals surface area contributed by atoms with Gasteiger partial charge >= 0.3 is 0 Å². The summed E-state index contributed by atoms with van der Waals surface area (Å²) < 4.78 is 11.2. The molecule has 0 saturated carbocycles. The van der Waals surface area contributed by atoms with E-state index in [2.05, 4.69) is 32.0 Å². The normalized spacial score (nSPS) is 13.5. The molecule has 0 radical (unpaired) electrons. The maximum atomic E-state index is 12.5. The molecule has 0 spiro atoms. The summed E-state index contributed by atoms with van der Waals surface area (Å²) in [5.41, 5.74) is 3.12. The SMILES string of the molecule is Cc1ccc(SCC(=O)c2ccc3c(c2)OCCCO3)c(C)c1. The van der Waals surface area contributed by atoms with Gasteiger partial charge in [0.15, 0.2) is 17.3 Å². The first-order valence-corrected chi connectivity index (χ1v) is 8.75. The van der Waals surface area contributed by atoms with Crippen molar-refractivity contribution < 1.29 is 14.3 Å². The average molecular weight is 328 g/mol. The number of rotatable bonds is 4. The number of benzene rings is 2. The molecule has 0 amide bonds. The summed E-state index contributed by atoms with van der Waals surface area (Å²) >= 11 is 1.58. The second-order valence-electron chi connectivity index (χ2n) is 5.69. The van der Waals surface area contributed by atoms with Crippen molar-refractivity contribution in [1.82, 2.24) is 0 Å². The van der Waals surface area contributed by atoms with Crippen LogP contribution >= 0.6 is 11.8 Å². The summed E-state index contributed by atoms with van der Waals surface area (Å²) in [6, 6.07) is 11.7. The first-order valence-electron chi connectivity index (χ1n) is 7.76. The fourth-order valence-electron chi connectivity index (χ4n) is 2.52. The van der Waals surface area contributed by atoms with Crippen LogP contribution in [0.15, 0.2) is 41.3 Å². The Kier molecular flexibility index (Phi) is 4.91. The standard InChI is InChI=1S/C19H20O3S/c1-13-4-7-19(14(2)10-13)23-12-16(20)15-5-6-17-18(11-15)22-9-3-8-21-17/h4-7,10-11H,3,8-9,12H2,1-2H3. The van der Waals surface area contributed by atoms with Gasteiger partial charge in [-0.05, 0) is 43.7 Å². The molecule has 0 bridgehead atoms. The molecule has 2 aromatic rings. The van der Waals surface area contributed by atoms with E-state index >= 15 is 0 Å². The molecule has 120 valence electrons. The Hall–Kier alpha value is -1.94. The van der Waals surface area contributed by atoms with Crippen molar-refractivity contribution in [1.29, 1.82) is 0 Å². The van der Waals surface area contributed by atoms with Gasteiger partial charge in [0.05, 0.1) is 19.0 Å². The minimum Gasteiger partial charge on any atom is -0.490 e. The molecule has 0 N–H and O–H groups in total. The largest absolute Gasteiger partial charge is 0.490 e. The van der Waals surface area contributed by atoms with E-state index in [0.29, 0.717) is 30.3 Å². The van der Waals surface area contributed by atoms with E-state index in [1.807, 2.05) is 12.1 Å². The first kappa shape index (κ1) is 15.9. The zero-order valence-corrected chi connectivity index (χ0v) is 14.2. The van der Waals surface area contributed by atoms with Crippen LogP contribution in [0.25, 0.3) is 0 Å². The van der Waals surface area contributed by atoms with E-state index in [-0.39, 0.29) is 5.78 Å². The van der Waals surface area contributed by atoms with E-state index in [9.17, 15) is 4.79 Å². The molecule has 1 aliphatic heterocycles. The van der Waals surface area contributed by atoms with Crippen molar-refractivity contribution in [2.45, 2.75) is 25.2 Å². The Morgan fingerprint density at radius 3 is 2.61 bits per heavy atom. The summed E-state index contributed by atoms with van der Waals surface area (Å²) in [6.45, 7) is 5.43. The summed E-state index contributed by atoms with van der Waals surface area (Å²) in [7, 11) is 0. The van der Waals surface area contributed by atoms with Gasteiger partial charge in [0.25, 0.3) is 0 Å². The molecule has 1 aliphatic rings. The second kappa shape index (κ2) is 7.09. The fourth-order valence-corrected chi connectivity index (χ4v) is 3.43. The molecular formula is C19H20O3S. The number of fused-ring (bicyclic) bond motifs is 1. The van der Waals surface area contributed by atoms with E-state index < -0.39 is 0 Å². The van der Waals surface area contributed by atoms with Gasteiger partial charge in [-0.2, -0.15) is 0 Å². The minimum atomic E-state index is 0.102. The molecule has 1 heterocycles. The number of hydrogen-bond acceptors (Lipinski definition) is 4. The Labute approximate surface area is 141 Å². The second-order valence-corrected chi connectivity index (χ2v) is 6.71. The van der Waals surface area contributed by atoms with Gasteiger partial charge in [-0.3, -0.25) is 4.79 Å². The molecule has 0 aromatic heterocycles. The van der Waals surface area contributed by atoms with Gasteiger partial charge in [0.2, 0.25) is 0 Å². The predicted octanol–water partition coefficient (Wildman–Crippen LogP) is 4.44. The molecular weight excluding hydrogens is 308 g/mol. The highest BCUT2D eigenvalue weighted by molar-refractivity contribution is 8.00. The average Bonchev–Trinajstić information content (AvgIpc) is 2.78. The third-order valence-corrected chi connectivity index (χ3v) is 4.93. The van der Waals surface area contributed by atoms with Crippen molar-refractivity contribution in [3.8, 4) is 11.5 Å². The molecule has 0 aliphatic carbocycles. The van der Waals surface area contributed by atoms with Crippen LogP contribution in [0, 0.1) is 13.8 Å². The number of Topliss-reactive ketones (excluding diaryl/α,β-unsaturated/α-hetero) is 1. The quantitative estimate of drug-likeness (QED) is 0.614. The highest BCUT2D eigenvalue weighted by Gasteiger charge is 2.14. The third kappa shape index (κ3) is 3.88. The van der Waals surface area contributed by atoms with Crippen molar-refractivity contribution >= 4 is 17.5 Å². The van der Waals surface area contributed by atoms with Crippen LogP contribution in [-0.2, 0) is 0 Å². The van der Waals surface area contributed by atoms with Gasteiger partial charge < -0.3 is 9.47 Å². The van der Waals surface area contributed by atoms with E-state index in [4.69, 9.17) is 9.47 Å². The Morgan fingerprint density at radius 1 is 1.04 bits per heavy atom. The lowest BCUT2D eigenvalue weighted by Gasteiger charge is -2.09. The van der Waals surface area contributed by atoms with E-state index in [1.54, 1.807) is 17.8 Å². The predicted molar refractivity (Wildman–Crippen MR) is 93.0 cm³/mol. The zero-order chi connectivity index (χ0) is 16.2. The van der Waals surface area contributed by atoms with Gasteiger partial charge in [0.1, 0.15) is 0 Å². The number of thioether (sulfide) groups is 1. The summed E-state index contributed by atoms with van der Waals surface area (Å²) in [5, 5.41) is 0. The smallest absolute Gasteiger partial charge is 0.173 e. The molecule has 23 heavy (non-hydrogen) atoms. The number of carbonyl (C=O) groups is 1. The highest BCUT2D eigenvalue weighted by atomic mass is 32.2. The van der Waals surface area contributed by atoms with Crippen LogP contribution in [0.4, 0.5) is 0 Å². The van der Waals surface area contributed by atoms with Crippen LogP contribution < -0.4 is 9.47 Å². The summed E-state index contributed by atoms with van der Waals surface area (Å²) in [5.74, 6) is 1.92. The van der Waals surface area contributed by atoms with Crippen LogP contribution in [0.3, 0.4) is 0 Å². The molecule has 4 heteroatoms. The summed E-state index contributed by atoms with van der Waals surface area (Å²) in [6.07, 6.45) is 0.862. The number of aryl methyl sites for hydroxylation is 2. The van der Waals surface area contributed by atoms with E-state index in [1.165, 1.54) is 11.1 Å². The lowest BCUT2D eigenvalue weighted by atomic mass is 10.1. The first-order chi connectivity index (χ1) is 11.1. The molecule has 0 fully saturated rings. The number of carbonyl (C=O) groups excluding carboxylic acids is 1. The van der Waals surface area contributed by atoms with Crippen LogP contribution in [-0.4, -0.2) is 24.7 Å². The Morgan fingerprint density at radius 2 is 1.83 bits per heavy atom. The molecule has 2 aromatic carbocycles. The molecule has 0 atom stereocenters. The maximum absolute atomic E-state index is 12.5. The molecule has 3 rings (SSSR count). The van der Waals surface area contributed by atoms with Crippen molar-refractivity contribution in [3.63, 3.8) is 0 Å². The van der Waals surface area contributed by atoms with Crippen LogP contribution in [0.1, 0.15) is 27.9 Å². The lowest BCUT2D eigenvalue weighted by molar-refractivity contribution is 0.102. The number of ketones is 1. The fraction of sp³-hybridized carbons (Fsp3) is 0.316. The Bertz CT molecular complexity index is 725. The van der Waals surface area contributed by atoms with Gasteiger partial charge in [0, 0.05) is 16.9 Å². The monoisotopic (exact) mass is 328 g/mol. The van der Waals surface area contributed by atoms with Crippen molar-refractivity contribution in [2.24, 2.45) is 0 Å². The minimum absolute atomic E-state index is 0.102. The van der Waals surface area contributed by atoms with Gasteiger partial charge in [-0.15, -0.1) is 11.8 Å². The zero-order valence-electron chi connectivity index (χ0n) is 13.4. The topological polar surface area (TPSA) is 35.5 Å². The molecule has 0 unspecified atom stereocenters. The number of hydrogen-bond donors (Lipinski definition) is 0. The molecule has 0 saturated heterocycles.